The molecule has 1 saturated heterocycles. The number of hydrogen-bond donors (Lipinski definition) is 1. The second-order valence-electron chi connectivity index (χ2n) is 3.65. The Morgan fingerprint density at radius 3 is 2.43 bits per heavy atom. The van der Waals surface area contributed by atoms with Crippen molar-refractivity contribution in [1.82, 2.24) is 9.80 Å². The van der Waals surface area contributed by atoms with E-state index >= 15 is 0 Å². The summed E-state index contributed by atoms with van der Waals surface area (Å²) in [5.41, 5.74) is 0. The second-order valence-corrected chi connectivity index (χ2v) is 3.65. The van der Waals surface area contributed by atoms with Gasteiger partial charge in [0.25, 0.3) is 0 Å². The molecule has 0 aromatic heterocycles. The molecular formula is C9H18N2O3. The maximum Gasteiger partial charge on any atom is 0.323 e. The minimum atomic E-state index is -0.795. The van der Waals surface area contributed by atoms with Crippen LogP contribution in [0.25, 0.3) is 0 Å². The Bertz CT molecular complexity index is 190. The molecule has 14 heavy (non-hydrogen) atoms. The van der Waals surface area contributed by atoms with Crippen molar-refractivity contribution >= 4 is 5.97 Å². The monoisotopic (exact) mass is 202 g/mol. The van der Waals surface area contributed by atoms with Gasteiger partial charge in [-0.05, 0) is 7.05 Å². The van der Waals surface area contributed by atoms with E-state index in [9.17, 15) is 4.79 Å². The summed E-state index contributed by atoms with van der Waals surface area (Å²) in [5.74, 6) is -0.795. The molecule has 1 rings (SSSR count). The number of rotatable bonds is 4. The largest absolute Gasteiger partial charge is 0.480 e. The van der Waals surface area contributed by atoms with E-state index < -0.39 is 12.0 Å². The highest BCUT2D eigenvalue weighted by molar-refractivity contribution is 5.73. The fraction of sp³-hybridized carbons (Fsp3) is 0.889. The number of piperazine rings is 1. The molecule has 0 bridgehead atoms. The number of hydrogen-bond acceptors (Lipinski definition) is 4. The SMILES string of the molecule is COCC(C(=O)O)N1CCN(C)CC1. The molecule has 1 aliphatic heterocycles. The summed E-state index contributed by atoms with van der Waals surface area (Å²) in [5, 5.41) is 8.99. The molecule has 1 fully saturated rings. The number of nitrogens with zero attached hydrogens (tertiary/aromatic N) is 2. The van der Waals surface area contributed by atoms with E-state index in [0.29, 0.717) is 0 Å². The van der Waals surface area contributed by atoms with Gasteiger partial charge in [-0.15, -0.1) is 0 Å². The number of ether oxygens (including phenoxy) is 1. The molecule has 0 saturated carbocycles. The quantitative estimate of drug-likeness (QED) is 0.655. The van der Waals surface area contributed by atoms with Crippen molar-refractivity contribution in [2.24, 2.45) is 0 Å². The van der Waals surface area contributed by atoms with Crippen LogP contribution in [0.15, 0.2) is 0 Å². The highest BCUT2D eigenvalue weighted by Crippen LogP contribution is 2.05. The van der Waals surface area contributed by atoms with Crippen LogP contribution in [-0.2, 0) is 9.53 Å². The Morgan fingerprint density at radius 1 is 1.43 bits per heavy atom. The molecule has 5 heteroatoms. The average molecular weight is 202 g/mol. The number of likely N-dealkylation sites (N-methyl/N-ethyl adjacent to an activating group) is 1. The summed E-state index contributed by atoms with van der Waals surface area (Å²) in [4.78, 5) is 15.1. The van der Waals surface area contributed by atoms with Crippen LogP contribution in [0.4, 0.5) is 0 Å². The first kappa shape index (κ1) is 11.4. The van der Waals surface area contributed by atoms with Crippen LogP contribution in [0.2, 0.25) is 0 Å². The predicted molar refractivity (Wildman–Crippen MR) is 52.4 cm³/mol. The fourth-order valence-electron chi connectivity index (χ4n) is 1.62. The molecular weight excluding hydrogens is 184 g/mol. The third-order valence-electron chi connectivity index (χ3n) is 2.59. The van der Waals surface area contributed by atoms with Gasteiger partial charge in [0.15, 0.2) is 0 Å². The zero-order chi connectivity index (χ0) is 10.6. The van der Waals surface area contributed by atoms with Crippen molar-refractivity contribution < 1.29 is 14.6 Å². The summed E-state index contributed by atoms with van der Waals surface area (Å²) in [6, 6.07) is -0.492. The van der Waals surface area contributed by atoms with Crippen LogP contribution in [-0.4, -0.2) is 73.9 Å². The van der Waals surface area contributed by atoms with Crippen molar-refractivity contribution in [3.63, 3.8) is 0 Å². The lowest BCUT2D eigenvalue weighted by atomic mass is 10.2. The number of aliphatic carboxylic acids is 1. The normalized spacial score (nSPS) is 22.1. The van der Waals surface area contributed by atoms with Gasteiger partial charge in [-0.3, -0.25) is 9.69 Å². The van der Waals surface area contributed by atoms with E-state index in [1.165, 1.54) is 7.11 Å². The number of carboxylic acids is 1. The lowest BCUT2D eigenvalue weighted by molar-refractivity contribution is -0.146. The Kier molecular flexibility index (Phi) is 4.31. The van der Waals surface area contributed by atoms with Crippen LogP contribution in [0, 0.1) is 0 Å². The van der Waals surface area contributed by atoms with Crippen molar-refractivity contribution in [2.45, 2.75) is 6.04 Å². The van der Waals surface area contributed by atoms with Gasteiger partial charge in [-0.25, -0.2) is 0 Å². The molecule has 1 N–H and O–H groups in total. The third-order valence-corrected chi connectivity index (χ3v) is 2.59. The standard InChI is InChI=1S/C9H18N2O3/c1-10-3-5-11(6-4-10)8(7-14-2)9(12)13/h8H,3-7H2,1-2H3,(H,12,13). The molecule has 0 aromatic rings. The average Bonchev–Trinajstić information content (AvgIpc) is 2.15. The number of methoxy groups -OCH3 is 1. The van der Waals surface area contributed by atoms with Crippen LogP contribution in [0.3, 0.4) is 0 Å². The Morgan fingerprint density at radius 2 is 2.00 bits per heavy atom. The molecule has 1 aliphatic rings. The molecule has 0 amide bonds. The van der Waals surface area contributed by atoms with Crippen molar-refractivity contribution in [1.29, 1.82) is 0 Å². The highest BCUT2D eigenvalue weighted by Gasteiger charge is 2.27. The van der Waals surface area contributed by atoms with E-state index in [2.05, 4.69) is 4.90 Å². The van der Waals surface area contributed by atoms with Gasteiger partial charge in [0.05, 0.1) is 6.61 Å². The van der Waals surface area contributed by atoms with Gasteiger partial charge in [0.2, 0.25) is 0 Å². The molecule has 1 atom stereocenters. The first-order valence-electron chi connectivity index (χ1n) is 4.79. The van der Waals surface area contributed by atoms with E-state index in [4.69, 9.17) is 9.84 Å². The molecule has 0 radical (unpaired) electrons. The fourth-order valence-corrected chi connectivity index (χ4v) is 1.62. The Balaban J connectivity index is 2.47. The molecule has 1 heterocycles. The first-order valence-corrected chi connectivity index (χ1v) is 4.79. The minimum absolute atomic E-state index is 0.263. The lowest BCUT2D eigenvalue weighted by Crippen LogP contribution is -2.53. The smallest absolute Gasteiger partial charge is 0.323 e. The van der Waals surface area contributed by atoms with Crippen molar-refractivity contribution in [3.05, 3.63) is 0 Å². The maximum atomic E-state index is 10.9. The zero-order valence-corrected chi connectivity index (χ0v) is 8.77. The molecule has 0 aliphatic carbocycles. The van der Waals surface area contributed by atoms with Crippen molar-refractivity contribution in [3.8, 4) is 0 Å². The number of carboxylic acid groups (broad SMARTS) is 1. The summed E-state index contributed by atoms with van der Waals surface area (Å²) < 4.78 is 4.91. The maximum absolute atomic E-state index is 10.9. The predicted octanol–water partition coefficient (Wildman–Crippen LogP) is -0.667. The van der Waals surface area contributed by atoms with Gasteiger partial charge >= 0.3 is 5.97 Å². The van der Waals surface area contributed by atoms with Crippen LogP contribution in [0.1, 0.15) is 0 Å². The van der Waals surface area contributed by atoms with Gasteiger partial charge in [0, 0.05) is 33.3 Å². The third kappa shape index (κ3) is 2.94. The Labute approximate surface area is 84.2 Å². The van der Waals surface area contributed by atoms with E-state index in [0.717, 1.165) is 26.2 Å². The second kappa shape index (κ2) is 5.29. The Hall–Kier alpha value is -0.650. The van der Waals surface area contributed by atoms with Crippen LogP contribution in [0.5, 0.6) is 0 Å². The number of carbonyl (C=O) groups is 1. The van der Waals surface area contributed by atoms with Gasteiger partial charge in [-0.1, -0.05) is 0 Å². The molecule has 0 spiro atoms. The van der Waals surface area contributed by atoms with Crippen LogP contribution < -0.4 is 0 Å². The van der Waals surface area contributed by atoms with Gasteiger partial charge in [-0.2, -0.15) is 0 Å². The molecule has 0 aromatic carbocycles. The van der Waals surface area contributed by atoms with Crippen LogP contribution >= 0.6 is 0 Å². The van der Waals surface area contributed by atoms with E-state index in [-0.39, 0.29) is 6.61 Å². The topological polar surface area (TPSA) is 53.0 Å². The molecule has 1 unspecified atom stereocenters. The van der Waals surface area contributed by atoms with E-state index in [1.54, 1.807) is 0 Å². The first-order chi connectivity index (χ1) is 6.65. The minimum Gasteiger partial charge on any atom is -0.480 e. The summed E-state index contributed by atoms with van der Waals surface area (Å²) in [6.45, 7) is 3.72. The highest BCUT2D eigenvalue weighted by atomic mass is 16.5. The summed E-state index contributed by atoms with van der Waals surface area (Å²) in [6.07, 6.45) is 0. The zero-order valence-electron chi connectivity index (χ0n) is 8.77. The summed E-state index contributed by atoms with van der Waals surface area (Å²) >= 11 is 0. The van der Waals surface area contributed by atoms with E-state index in [1.807, 2.05) is 11.9 Å². The van der Waals surface area contributed by atoms with Gasteiger partial charge < -0.3 is 14.7 Å². The van der Waals surface area contributed by atoms with Gasteiger partial charge in [0.1, 0.15) is 6.04 Å². The van der Waals surface area contributed by atoms with Crippen molar-refractivity contribution in [2.75, 3.05) is 46.9 Å². The molecule has 82 valence electrons. The molecule has 5 nitrogen and oxygen atoms in total. The lowest BCUT2D eigenvalue weighted by Gasteiger charge is -2.35. The summed E-state index contributed by atoms with van der Waals surface area (Å²) in [7, 11) is 3.58.